The fourth-order valence-electron chi connectivity index (χ4n) is 2.82. The van der Waals surface area contributed by atoms with Crippen molar-refractivity contribution in [1.29, 1.82) is 0 Å². The number of nitrogens with zero attached hydrogens (tertiary/aromatic N) is 5. The van der Waals surface area contributed by atoms with Gasteiger partial charge in [0.25, 0.3) is 0 Å². The van der Waals surface area contributed by atoms with Gasteiger partial charge >= 0.3 is 0 Å². The number of hydrogen-bond donors (Lipinski definition) is 0. The summed E-state index contributed by atoms with van der Waals surface area (Å²) in [4.78, 5) is 14.4. The molecule has 0 aliphatic carbocycles. The Labute approximate surface area is 146 Å². The molecule has 0 saturated carbocycles. The lowest BCUT2D eigenvalue weighted by molar-refractivity contribution is -0.129. The van der Waals surface area contributed by atoms with Crippen LogP contribution in [0.15, 0.2) is 29.4 Å². The summed E-state index contributed by atoms with van der Waals surface area (Å²) in [5, 5.41) is 12.4. The summed E-state index contributed by atoms with van der Waals surface area (Å²) in [6.45, 7) is 7.99. The standard InChI is InChI=1S/C17H23N5OS/c1-12(2)14-6-8-15(9-7-14)22-17(18-19-20-22)24-13(3)16(23)21-10-4-5-11-21/h6-9,12-13H,4-5,10-11H2,1-3H3/t13-/m0/s1. The summed E-state index contributed by atoms with van der Waals surface area (Å²) in [5.74, 6) is 0.655. The summed E-state index contributed by atoms with van der Waals surface area (Å²) >= 11 is 1.41. The first-order valence-corrected chi connectivity index (χ1v) is 9.28. The van der Waals surface area contributed by atoms with Gasteiger partial charge in [-0.05, 0) is 53.8 Å². The van der Waals surface area contributed by atoms with E-state index in [1.807, 2.05) is 24.0 Å². The highest BCUT2D eigenvalue weighted by Crippen LogP contribution is 2.26. The molecule has 0 radical (unpaired) electrons. The van der Waals surface area contributed by atoms with Crippen molar-refractivity contribution in [3.63, 3.8) is 0 Å². The molecular formula is C17H23N5OS. The van der Waals surface area contributed by atoms with Crippen LogP contribution in [-0.4, -0.2) is 49.4 Å². The molecule has 2 aromatic rings. The minimum Gasteiger partial charge on any atom is -0.342 e. The Balaban J connectivity index is 1.73. The molecule has 2 heterocycles. The third-order valence-corrected chi connectivity index (χ3v) is 5.31. The van der Waals surface area contributed by atoms with Crippen LogP contribution in [0.5, 0.6) is 0 Å². The fraction of sp³-hybridized carbons (Fsp3) is 0.529. The van der Waals surface area contributed by atoms with Gasteiger partial charge in [-0.1, -0.05) is 37.7 Å². The number of tetrazole rings is 1. The molecule has 7 heteroatoms. The Morgan fingerprint density at radius 2 is 1.79 bits per heavy atom. The van der Waals surface area contributed by atoms with Crippen LogP contribution in [-0.2, 0) is 4.79 Å². The number of benzene rings is 1. The third-order valence-electron chi connectivity index (χ3n) is 4.29. The first kappa shape index (κ1) is 17.0. The molecule has 24 heavy (non-hydrogen) atoms. The quantitative estimate of drug-likeness (QED) is 0.780. The van der Waals surface area contributed by atoms with Gasteiger partial charge in [0.2, 0.25) is 11.1 Å². The highest BCUT2D eigenvalue weighted by Gasteiger charge is 2.25. The molecule has 128 valence electrons. The molecule has 6 nitrogen and oxygen atoms in total. The predicted octanol–water partition coefficient (Wildman–Crippen LogP) is 2.89. The van der Waals surface area contributed by atoms with Crippen LogP contribution in [0.2, 0.25) is 0 Å². The molecule has 1 fully saturated rings. The number of amides is 1. The Morgan fingerprint density at radius 3 is 2.42 bits per heavy atom. The maximum atomic E-state index is 12.5. The molecule has 0 bridgehead atoms. The smallest absolute Gasteiger partial charge is 0.235 e. The van der Waals surface area contributed by atoms with Gasteiger partial charge in [0.1, 0.15) is 0 Å². The van der Waals surface area contributed by atoms with Crippen molar-refractivity contribution in [2.24, 2.45) is 0 Å². The van der Waals surface area contributed by atoms with Gasteiger partial charge in [0, 0.05) is 13.1 Å². The Kier molecular flexibility index (Phi) is 5.18. The minimum atomic E-state index is -0.192. The largest absolute Gasteiger partial charge is 0.342 e. The van der Waals surface area contributed by atoms with E-state index in [4.69, 9.17) is 0 Å². The second-order valence-electron chi connectivity index (χ2n) is 6.41. The van der Waals surface area contributed by atoms with Crippen LogP contribution in [0.1, 0.15) is 45.1 Å². The molecule has 1 saturated heterocycles. The van der Waals surface area contributed by atoms with Crippen molar-refractivity contribution >= 4 is 17.7 Å². The van der Waals surface area contributed by atoms with E-state index in [-0.39, 0.29) is 11.2 Å². The van der Waals surface area contributed by atoms with Gasteiger partial charge in [-0.25, -0.2) is 0 Å². The summed E-state index contributed by atoms with van der Waals surface area (Å²) in [5.41, 5.74) is 2.19. The first-order chi connectivity index (χ1) is 11.6. The summed E-state index contributed by atoms with van der Waals surface area (Å²) < 4.78 is 1.70. The zero-order valence-electron chi connectivity index (χ0n) is 14.3. The Hall–Kier alpha value is -1.89. The van der Waals surface area contributed by atoms with Crippen molar-refractivity contribution in [3.8, 4) is 5.69 Å². The molecular weight excluding hydrogens is 322 g/mol. The summed E-state index contributed by atoms with van der Waals surface area (Å²) in [6, 6.07) is 8.22. The van der Waals surface area contributed by atoms with Gasteiger partial charge in [-0.3, -0.25) is 4.79 Å². The van der Waals surface area contributed by atoms with Crippen molar-refractivity contribution < 1.29 is 4.79 Å². The number of hydrogen-bond acceptors (Lipinski definition) is 5. The maximum absolute atomic E-state index is 12.5. The average molecular weight is 345 g/mol. The van der Waals surface area contributed by atoms with Crippen LogP contribution in [0, 0.1) is 0 Å². The van der Waals surface area contributed by atoms with E-state index in [0.717, 1.165) is 31.6 Å². The van der Waals surface area contributed by atoms with Crippen LogP contribution >= 0.6 is 11.8 Å². The Bertz CT molecular complexity index is 691. The van der Waals surface area contributed by atoms with E-state index in [9.17, 15) is 4.79 Å². The van der Waals surface area contributed by atoms with Crippen molar-refractivity contribution in [2.45, 2.75) is 49.9 Å². The van der Waals surface area contributed by atoms with E-state index in [1.54, 1.807) is 4.68 Å². The molecule has 0 spiro atoms. The highest BCUT2D eigenvalue weighted by atomic mass is 32.2. The molecule has 1 aromatic carbocycles. The number of carbonyl (C=O) groups excluding carboxylic acids is 1. The van der Waals surface area contributed by atoms with E-state index in [1.165, 1.54) is 17.3 Å². The van der Waals surface area contributed by atoms with Gasteiger partial charge in [0.05, 0.1) is 10.9 Å². The average Bonchev–Trinajstić information content (AvgIpc) is 3.26. The lowest BCUT2D eigenvalue weighted by Crippen LogP contribution is -2.34. The topological polar surface area (TPSA) is 63.9 Å². The second kappa shape index (κ2) is 7.34. The third kappa shape index (κ3) is 3.61. The van der Waals surface area contributed by atoms with E-state index < -0.39 is 0 Å². The van der Waals surface area contributed by atoms with Gasteiger partial charge < -0.3 is 4.90 Å². The monoisotopic (exact) mass is 345 g/mol. The Morgan fingerprint density at radius 1 is 1.12 bits per heavy atom. The van der Waals surface area contributed by atoms with Crippen molar-refractivity contribution in [1.82, 2.24) is 25.1 Å². The maximum Gasteiger partial charge on any atom is 0.235 e. The van der Waals surface area contributed by atoms with E-state index in [0.29, 0.717) is 11.1 Å². The number of rotatable bonds is 5. The van der Waals surface area contributed by atoms with Crippen LogP contribution in [0.25, 0.3) is 5.69 Å². The molecule has 3 rings (SSSR count). The molecule has 1 aliphatic heterocycles. The lowest BCUT2D eigenvalue weighted by Gasteiger charge is -2.19. The molecule has 0 unspecified atom stereocenters. The molecule has 1 atom stereocenters. The van der Waals surface area contributed by atoms with E-state index in [2.05, 4.69) is 41.5 Å². The predicted molar refractivity (Wildman–Crippen MR) is 94.4 cm³/mol. The molecule has 0 N–H and O–H groups in total. The van der Waals surface area contributed by atoms with Crippen LogP contribution in [0.4, 0.5) is 0 Å². The molecule has 1 aliphatic rings. The van der Waals surface area contributed by atoms with E-state index >= 15 is 0 Å². The lowest BCUT2D eigenvalue weighted by atomic mass is 10.0. The minimum absolute atomic E-state index is 0.169. The van der Waals surface area contributed by atoms with Crippen LogP contribution < -0.4 is 0 Å². The van der Waals surface area contributed by atoms with Crippen molar-refractivity contribution in [3.05, 3.63) is 29.8 Å². The zero-order chi connectivity index (χ0) is 17.1. The van der Waals surface area contributed by atoms with Crippen molar-refractivity contribution in [2.75, 3.05) is 13.1 Å². The first-order valence-electron chi connectivity index (χ1n) is 8.40. The number of likely N-dealkylation sites (tertiary alicyclic amines) is 1. The number of aromatic nitrogens is 4. The number of thioether (sulfide) groups is 1. The second-order valence-corrected chi connectivity index (χ2v) is 7.72. The SMILES string of the molecule is CC(C)c1ccc(-n2nnnc2S[C@@H](C)C(=O)N2CCCC2)cc1. The van der Waals surface area contributed by atoms with Gasteiger partial charge in [-0.2, -0.15) is 4.68 Å². The highest BCUT2D eigenvalue weighted by molar-refractivity contribution is 8.00. The van der Waals surface area contributed by atoms with Crippen LogP contribution in [0.3, 0.4) is 0 Å². The molecule has 1 amide bonds. The fourth-order valence-corrected chi connectivity index (χ4v) is 3.71. The zero-order valence-corrected chi connectivity index (χ0v) is 15.2. The molecule has 1 aromatic heterocycles. The summed E-state index contributed by atoms with van der Waals surface area (Å²) in [6.07, 6.45) is 2.20. The number of carbonyl (C=O) groups is 1. The normalized spacial score (nSPS) is 15.9. The summed E-state index contributed by atoms with van der Waals surface area (Å²) in [7, 11) is 0. The van der Waals surface area contributed by atoms with Gasteiger partial charge in [0.15, 0.2) is 0 Å². The van der Waals surface area contributed by atoms with Gasteiger partial charge in [-0.15, -0.1) is 5.10 Å².